The molecule has 2 saturated heterocycles. The van der Waals surface area contributed by atoms with Gasteiger partial charge in [0, 0.05) is 30.8 Å². The molecule has 2 aromatic rings. The molecule has 27 heavy (non-hydrogen) atoms. The van der Waals surface area contributed by atoms with Gasteiger partial charge in [-0.1, -0.05) is 18.2 Å². The maximum Gasteiger partial charge on any atom is 0.245 e. The van der Waals surface area contributed by atoms with Crippen LogP contribution >= 0.6 is 0 Å². The SMILES string of the molecule is O=S1(=O)CC[C@H](N(C[C@@H]2CCCO2)S(=O)(=O)c2cccc3cccnc23)C1. The van der Waals surface area contributed by atoms with Crippen molar-refractivity contribution in [3.63, 3.8) is 0 Å². The van der Waals surface area contributed by atoms with E-state index in [-0.39, 0.29) is 29.0 Å². The van der Waals surface area contributed by atoms with E-state index in [1.54, 1.807) is 18.3 Å². The Morgan fingerprint density at radius 1 is 1.19 bits per heavy atom. The molecular weight excluding hydrogens is 388 g/mol. The van der Waals surface area contributed by atoms with E-state index in [4.69, 9.17) is 4.74 Å². The van der Waals surface area contributed by atoms with E-state index >= 15 is 0 Å². The van der Waals surface area contributed by atoms with Gasteiger partial charge >= 0.3 is 0 Å². The number of rotatable bonds is 5. The van der Waals surface area contributed by atoms with Gasteiger partial charge in [-0.25, -0.2) is 16.8 Å². The number of ether oxygens (including phenoxy) is 1. The maximum absolute atomic E-state index is 13.6. The fourth-order valence-electron chi connectivity index (χ4n) is 3.85. The highest BCUT2D eigenvalue weighted by Crippen LogP contribution is 2.30. The van der Waals surface area contributed by atoms with Gasteiger partial charge in [0.05, 0.1) is 23.1 Å². The number of nitrogens with zero attached hydrogens (tertiary/aromatic N) is 2. The summed E-state index contributed by atoms with van der Waals surface area (Å²) in [6.07, 6.45) is 3.33. The number of aromatic nitrogens is 1. The minimum Gasteiger partial charge on any atom is -0.377 e. The molecule has 0 saturated carbocycles. The highest BCUT2D eigenvalue weighted by atomic mass is 32.2. The zero-order valence-corrected chi connectivity index (χ0v) is 16.5. The molecule has 2 atom stereocenters. The minimum absolute atomic E-state index is 0.0169. The summed E-state index contributed by atoms with van der Waals surface area (Å²) in [6.45, 7) is 0.781. The molecule has 0 unspecified atom stereocenters. The molecule has 2 aliphatic heterocycles. The summed E-state index contributed by atoms with van der Waals surface area (Å²) in [6, 6.07) is 8.04. The second-order valence-corrected chi connectivity index (χ2v) is 11.2. The number of sulfonamides is 1. The number of fused-ring (bicyclic) bond motifs is 1. The molecule has 1 aromatic heterocycles. The van der Waals surface area contributed by atoms with Crippen molar-refractivity contribution in [3.05, 3.63) is 36.5 Å². The Bertz CT molecular complexity index is 1040. The van der Waals surface area contributed by atoms with Crippen molar-refractivity contribution in [2.45, 2.75) is 36.3 Å². The average molecular weight is 411 g/mol. The lowest BCUT2D eigenvalue weighted by molar-refractivity contribution is 0.0877. The zero-order chi connectivity index (χ0) is 19.1. The summed E-state index contributed by atoms with van der Waals surface area (Å²) in [7, 11) is -7.14. The Hall–Kier alpha value is -1.55. The second-order valence-electron chi connectivity index (χ2n) is 7.10. The van der Waals surface area contributed by atoms with Gasteiger partial charge in [-0.15, -0.1) is 0 Å². The van der Waals surface area contributed by atoms with Gasteiger partial charge in [0.1, 0.15) is 4.90 Å². The molecule has 1 aromatic carbocycles. The molecule has 0 spiro atoms. The number of benzene rings is 1. The van der Waals surface area contributed by atoms with Crippen LogP contribution in [-0.4, -0.2) is 62.9 Å². The smallest absolute Gasteiger partial charge is 0.245 e. The number of para-hydroxylation sites is 1. The van der Waals surface area contributed by atoms with E-state index in [1.807, 2.05) is 12.1 Å². The van der Waals surface area contributed by atoms with Crippen molar-refractivity contribution in [3.8, 4) is 0 Å². The number of hydrogen-bond acceptors (Lipinski definition) is 6. The topological polar surface area (TPSA) is 93.6 Å². The Kier molecular flexibility index (Phi) is 4.96. The lowest BCUT2D eigenvalue weighted by atomic mass is 10.2. The first kappa shape index (κ1) is 18.8. The quantitative estimate of drug-likeness (QED) is 0.743. The van der Waals surface area contributed by atoms with Crippen LogP contribution < -0.4 is 0 Å². The number of sulfone groups is 1. The fourth-order valence-corrected chi connectivity index (χ4v) is 7.52. The third-order valence-electron chi connectivity index (χ3n) is 5.21. The second kappa shape index (κ2) is 7.12. The molecule has 0 radical (unpaired) electrons. The van der Waals surface area contributed by atoms with Crippen LogP contribution in [0.5, 0.6) is 0 Å². The van der Waals surface area contributed by atoms with Crippen LogP contribution in [0.4, 0.5) is 0 Å². The minimum atomic E-state index is -3.92. The third-order valence-corrected chi connectivity index (χ3v) is 8.91. The monoisotopic (exact) mass is 410 g/mol. The van der Waals surface area contributed by atoms with Gasteiger partial charge in [0.15, 0.2) is 9.84 Å². The van der Waals surface area contributed by atoms with Crippen LogP contribution in [-0.2, 0) is 24.6 Å². The van der Waals surface area contributed by atoms with Crippen molar-refractivity contribution in [1.82, 2.24) is 9.29 Å². The largest absolute Gasteiger partial charge is 0.377 e. The third kappa shape index (κ3) is 3.73. The molecule has 146 valence electrons. The predicted octanol–water partition coefficient (Wildman–Crippen LogP) is 1.59. The van der Waals surface area contributed by atoms with Crippen LogP contribution in [0.3, 0.4) is 0 Å². The van der Waals surface area contributed by atoms with Gasteiger partial charge in [-0.3, -0.25) is 4.98 Å². The van der Waals surface area contributed by atoms with Crippen LogP contribution in [0.25, 0.3) is 10.9 Å². The van der Waals surface area contributed by atoms with E-state index in [0.29, 0.717) is 18.5 Å². The molecule has 3 heterocycles. The standard InChI is InChI=1S/C18H22N2O5S2/c21-26(22)11-8-15(13-26)20(12-16-6-3-10-25-16)27(23,24)17-7-1-4-14-5-2-9-19-18(14)17/h1-2,4-5,7,9,15-16H,3,6,8,10-13H2/t15-,16-/m0/s1. The van der Waals surface area contributed by atoms with Gasteiger partial charge < -0.3 is 4.74 Å². The van der Waals surface area contributed by atoms with E-state index in [1.165, 1.54) is 10.4 Å². The van der Waals surface area contributed by atoms with Crippen molar-refractivity contribution in [2.75, 3.05) is 24.7 Å². The summed E-state index contributed by atoms with van der Waals surface area (Å²) in [4.78, 5) is 4.38. The highest BCUT2D eigenvalue weighted by Gasteiger charge is 2.41. The summed E-state index contributed by atoms with van der Waals surface area (Å²) in [5.41, 5.74) is 0.401. The molecule has 0 N–H and O–H groups in total. The van der Waals surface area contributed by atoms with Crippen LogP contribution in [0, 0.1) is 0 Å². The molecule has 2 fully saturated rings. The molecule has 0 bridgehead atoms. The molecule has 7 nitrogen and oxygen atoms in total. The Balaban J connectivity index is 1.77. The summed E-state index contributed by atoms with van der Waals surface area (Å²) in [5, 5.41) is 0.731. The fraction of sp³-hybridized carbons (Fsp3) is 0.500. The molecule has 0 amide bonds. The number of pyridine rings is 1. The Morgan fingerprint density at radius 3 is 2.70 bits per heavy atom. The Morgan fingerprint density at radius 2 is 2.00 bits per heavy atom. The lowest BCUT2D eigenvalue weighted by Gasteiger charge is -2.29. The van der Waals surface area contributed by atoms with Crippen molar-refractivity contribution in [2.24, 2.45) is 0 Å². The average Bonchev–Trinajstić information content (AvgIpc) is 3.28. The van der Waals surface area contributed by atoms with Crippen LogP contribution in [0.2, 0.25) is 0 Å². The lowest BCUT2D eigenvalue weighted by Crippen LogP contribution is -2.45. The zero-order valence-electron chi connectivity index (χ0n) is 14.8. The summed E-state index contributed by atoms with van der Waals surface area (Å²) < 4.78 is 58.1. The van der Waals surface area contributed by atoms with E-state index in [2.05, 4.69) is 4.98 Å². The van der Waals surface area contributed by atoms with E-state index in [0.717, 1.165) is 18.2 Å². The van der Waals surface area contributed by atoms with Gasteiger partial charge in [-0.2, -0.15) is 4.31 Å². The van der Waals surface area contributed by atoms with E-state index < -0.39 is 25.9 Å². The van der Waals surface area contributed by atoms with Crippen molar-refractivity contribution in [1.29, 1.82) is 0 Å². The molecule has 9 heteroatoms. The predicted molar refractivity (Wildman–Crippen MR) is 102 cm³/mol. The highest BCUT2D eigenvalue weighted by molar-refractivity contribution is 7.92. The molecule has 0 aliphatic carbocycles. The van der Waals surface area contributed by atoms with Crippen molar-refractivity contribution >= 4 is 30.8 Å². The summed E-state index contributed by atoms with van der Waals surface area (Å²) >= 11 is 0. The van der Waals surface area contributed by atoms with Gasteiger partial charge in [0.25, 0.3) is 0 Å². The van der Waals surface area contributed by atoms with Gasteiger partial charge in [0.2, 0.25) is 10.0 Å². The number of hydrogen-bond donors (Lipinski definition) is 0. The Labute approximate surface area is 159 Å². The van der Waals surface area contributed by atoms with Gasteiger partial charge in [-0.05, 0) is 31.4 Å². The molecular formula is C18H22N2O5S2. The first-order chi connectivity index (χ1) is 12.9. The van der Waals surface area contributed by atoms with Crippen LogP contribution in [0.15, 0.2) is 41.4 Å². The van der Waals surface area contributed by atoms with Crippen LogP contribution in [0.1, 0.15) is 19.3 Å². The summed E-state index contributed by atoms with van der Waals surface area (Å²) in [5.74, 6) is -0.125. The first-order valence-electron chi connectivity index (χ1n) is 9.04. The maximum atomic E-state index is 13.6. The normalized spacial score (nSPS) is 25.4. The van der Waals surface area contributed by atoms with Crippen molar-refractivity contribution < 1.29 is 21.6 Å². The molecule has 2 aliphatic rings. The van der Waals surface area contributed by atoms with E-state index in [9.17, 15) is 16.8 Å². The molecule has 4 rings (SSSR count). The first-order valence-corrected chi connectivity index (χ1v) is 12.3.